The number of hydrogen-bond donors (Lipinski definition) is 2. The zero-order valence-electron chi connectivity index (χ0n) is 7.85. The molecule has 74 valence electrons. The fraction of sp³-hybridized carbons (Fsp3) is 0.250. The van der Waals surface area contributed by atoms with Gasteiger partial charge in [0, 0.05) is 19.3 Å². The number of carbonyl (C=O) groups excluding carboxylic acids is 1. The van der Waals surface area contributed by atoms with Gasteiger partial charge < -0.3 is 10.1 Å². The van der Waals surface area contributed by atoms with Crippen LogP contribution in [0.4, 0.5) is 5.95 Å². The van der Waals surface area contributed by atoms with Crippen LogP contribution < -0.4 is 0 Å². The molecule has 0 atom stereocenters. The highest BCUT2D eigenvalue weighted by atomic mass is 16.3. The van der Waals surface area contributed by atoms with E-state index in [0.717, 1.165) is 0 Å². The first-order chi connectivity index (χ1) is 6.61. The molecule has 0 saturated heterocycles. The summed E-state index contributed by atoms with van der Waals surface area (Å²) in [5, 5.41) is 16.3. The molecule has 1 aromatic rings. The van der Waals surface area contributed by atoms with Crippen molar-refractivity contribution in [1.29, 1.82) is 0 Å². The van der Waals surface area contributed by atoms with E-state index in [2.05, 4.69) is 20.2 Å². The summed E-state index contributed by atoms with van der Waals surface area (Å²) in [6, 6.07) is 0. The van der Waals surface area contributed by atoms with Gasteiger partial charge in [0.15, 0.2) is 11.5 Å². The van der Waals surface area contributed by atoms with Crippen molar-refractivity contribution in [3.63, 3.8) is 0 Å². The van der Waals surface area contributed by atoms with Crippen LogP contribution in [0.25, 0.3) is 0 Å². The Morgan fingerprint density at radius 3 is 2.71 bits per heavy atom. The second-order valence-electron chi connectivity index (χ2n) is 2.60. The number of carbonyl (C=O) groups is 1. The van der Waals surface area contributed by atoms with Crippen LogP contribution >= 0.6 is 0 Å². The summed E-state index contributed by atoms with van der Waals surface area (Å²) in [5.41, 5.74) is -0.0681. The molecule has 0 bridgehead atoms. The van der Waals surface area contributed by atoms with Crippen molar-refractivity contribution in [2.24, 2.45) is 10.2 Å². The number of rotatable bonds is 3. The van der Waals surface area contributed by atoms with Gasteiger partial charge in [0.2, 0.25) is 5.95 Å². The van der Waals surface area contributed by atoms with Gasteiger partial charge >= 0.3 is 0 Å². The lowest BCUT2D eigenvalue weighted by Gasteiger charge is -1.94. The third kappa shape index (κ3) is 2.51. The molecule has 1 aromatic heterocycles. The molecular formula is C8H10N4O2. The molecule has 2 N–H and O–H groups in total. The summed E-state index contributed by atoms with van der Waals surface area (Å²) in [7, 11) is 0. The quantitative estimate of drug-likeness (QED) is 0.437. The minimum absolute atomic E-state index is 0.0681. The Hall–Kier alpha value is -1.98. The lowest BCUT2D eigenvalue weighted by molar-refractivity contribution is -0.113. The topological polar surface area (TPSA) is 90.7 Å². The van der Waals surface area contributed by atoms with E-state index in [4.69, 9.17) is 5.11 Å². The lowest BCUT2D eigenvalue weighted by atomic mass is 10.3. The van der Waals surface area contributed by atoms with Gasteiger partial charge in [0.05, 0.1) is 0 Å². The molecule has 0 saturated carbocycles. The van der Waals surface area contributed by atoms with Crippen LogP contribution in [0.1, 0.15) is 13.8 Å². The van der Waals surface area contributed by atoms with E-state index < -0.39 is 0 Å². The molecule has 0 unspecified atom stereocenters. The number of azo groups is 1. The van der Waals surface area contributed by atoms with Gasteiger partial charge in [0.1, 0.15) is 5.76 Å². The number of aliphatic hydroxyl groups is 1. The summed E-state index contributed by atoms with van der Waals surface area (Å²) in [5.74, 6) is -0.224. The van der Waals surface area contributed by atoms with Crippen molar-refractivity contribution in [1.82, 2.24) is 9.97 Å². The maximum absolute atomic E-state index is 10.9. The van der Waals surface area contributed by atoms with E-state index >= 15 is 0 Å². The predicted molar refractivity (Wildman–Crippen MR) is 49.1 cm³/mol. The number of aromatic amines is 1. The number of aromatic nitrogens is 2. The number of ketones is 1. The summed E-state index contributed by atoms with van der Waals surface area (Å²) in [6.45, 7) is 2.67. The summed E-state index contributed by atoms with van der Waals surface area (Å²) in [6.07, 6.45) is 3.09. The summed E-state index contributed by atoms with van der Waals surface area (Å²) >= 11 is 0. The Balaban J connectivity index is 2.86. The summed E-state index contributed by atoms with van der Waals surface area (Å²) < 4.78 is 0. The van der Waals surface area contributed by atoms with Crippen LogP contribution in [-0.2, 0) is 4.79 Å². The molecule has 0 aliphatic carbocycles. The average Bonchev–Trinajstić information content (AvgIpc) is 2.55. The lowest BCUT2D eigenvalue weighted by Crippen LogP contribution is -1.96. The van der Waals surface area contributed by atoms with Crippen LogP contribution in [-0.4, -0.2) is 20.9 Å². The first-order valence-electron chi connectivity index (χ1n) is 3.93. The predicted octanol–water partition coefficient (Wildman–Crippen LogP) is 1.87. The van der Waals surface area contributed by atoms with Crippen molar-refractivity contribution < 1.29 is 9.90 Å². The number of Topliss-reactive ketones (excluding diaryl/α,β-unsaturated/α-hetero) is 1. The van der Waals surface area contributed by atoms with Gasteiger partial charge in [-0.1, -0.05) is 0 Å². The Morgan fingerprint density at radius 1 is 1.57 bits per heavy atom. The maximum Gasteiger partial charge on any atom is 0.246 e. The largest absolute Gasteiger partial charge is 0.510 e. The van der Waals surface area contributed by atoms with Gasteiger partial charge in [-0.05, 0) is 6.92 Å². The van der Waals surface area contributed by atoms with E-state index in [1.807, 2.05) is 0 Å². The number of aliphatic hydroxyl groups excluding tert-OH is 1. The van der Waals surface area contributed by atoms with Gasteiger partial charge in [-0.15, -0.1) is 10.2 Å². The zero-order valence-corrected chi connectivity index (χ0v) is 7.85. The fourth-order valence-corrected chi connectivity index (χ4v) is 0.807. The molecule has 0 radical (unpaired) electrons. The third-order valence-corrected chi connectivity index (χ3v) is 1.40. The Bertz CT molecular complexity index is 374. The van der Waals surface area contributed by atoms with Gasteiger partial charge in [-0.25, -0.2) is 4.98 Å². The molecule has 1 rings (SSSR count). The number of allylic oxidation sites excluding steroid dienone is 2. The van der Waals surface area contributed by atoms with Gasteiger partial charge in [-0.3, -0.25) is 4.79 Å². The first-order valence-corrected chi connectivity index (χ1v) is 3.93. The highest BCUT2D eigenvalue weighted by Crippen LogP contribution is 2.09. The average molecular weight is 194 g/mol. The smallest absolute Gasteiger partial charge is 0.246 e. The molecular weight excluding hydrogens is 184 g/mol. The van der Waals surface area contributed by atoms with Crippen molar-refractivity contribution in [2.75, 3.05) is 0 Å². The molecule has 6 heteroatoms. The SMILES string of the molecule is CC(=O)/C(N=Nc1ncc[nH]1)=C(\C)O. The Labute approximate surface area is 80.4 Å². The second kappa shape index (κ2) is 4.31. The normalized spacial score (nSPS) is 13.0. The molecule has 14 heavy (non-hydrogen) atoms. The Kier molecular flexibility index (Phi) is 3.11. The monoisotopic (exact) mass is 194 g/mol. The molecule has 0 aromatic carbocycles. The van der Waals surface area contributed by atoms with Gasteiger partial charge in [-0.2, -0.15) is 0 Å². The Morgan fingerprint density at radius 2 is 2.29 bits per heavy atom. The number of hydrogen-bond acceptors (Lipinski definition) is 5. The minimum Gasteiger partial charge on any atom is -0.510 e. The molecule has 1 heterocycles. The van der Waals surface area contributed by atoms with E-state index in [-0.39, 0.29) is 23.2 Å². The number of H-pyrrole nitrogens is 1. The highest BCUT2D eigenvalue weighted by molar-refractivity contribution is 5.93. The summed E-state index contributed by atoms with van der Waals surface area (Å²) in [4.78, 5) is 17.4. The third-order valence-electron chi connectivity index (χ3n) is 1.40. The van der Waals surface area contributed by atoms with Crippen molar-refractivity contribution in [3.8, 4) is 0 Å². The number of nitrogens with zero attached hydrogens (tertiary/aromatic N) is 3. The molecule has 0 fully saturated rings. The van der Waals surface area contributed by atoms with E-state index in [1.54, 1.807) is 6.20 Å². The molecule has 0 spiro atoms. The highest BCUT2D eigenvalue weighted by Gasteiger charge is 2.06. The van der Waals surface area contributed by atoms with Crippen molar-refractivity contribution >= 4 is 11.7 Å². The van der Waals surface area contributed by atoms with Gasteiger partial charge in [0.25, 0.3) is 0 Å². The first kappa shape index (κ1) is 10.1. The second-order valence-corrected chi connectivity index (χ2v) is 2.60. The van der Waals surface area contributed by atoms with Crippen LogP contribution in [0.3, 0.4) is 0 Å². The van der Waals surface area contributed by atoms with Crippen LogP contribution in [0, 0.1) is 0 Å². The van der Waals surface area contributed by atoms with Crippen LogP contribution in [0.2, 0.25) is 0 Å². The van der Waals surface area contributed by atoms with Crippen molar-refractivity contribution in [2.45, 2.75) is 13.8 Å². The van der Waals surface area contributed by atoms with Crippen molar-refractivity contribution in [3.05, 3.63) is 23.8 Å². The number of nitrogens with one attached hydrogen (secondary N) is 1. The van der Waals surface area contributed by atoms with Crippen LogP contribution in [0.5, 0.6) is 0 Å². The molecule has 0 amide bonds. The molecule has 6 nitrogen and oxygen atoms in total. The number of imidazole rings is 1. The molecule has 0 aliphatic rings. The molecule has 0 aliphatic heterocycles. The zero-order chi connectivity index (χ0) is 10.6. The van der Waals surface area contributed by atoms with E-state index in [9.17, 15) is 4.79 Å². The standard InChI is InChI=1S/C8H10N4O2/c1-5(13)7(6(2)14)11-12-8-9-3-4-10-8/h3-4,13H,1-2H3,(H,9,10)/b7-5-,12-11?. The fourth-order valence-electron chi connectivity index (χ4n) is 0.807. The van der Waals surface area contributed by atoms with E-state index in [0.29, 0.717) is 0 Å². The minimum atomic E-state index is -0.347. The maximum atomic E-state index is 10.9. The van der Waals surface area contributed by atoms with E-state index in [1.165, 1.54) is 20.0 Å². The van der Waals surface area contributed by atoms with Crippen LogP contribution in [0.15, 0.2) is 34.1 Å².